The quantitative estimate of drug-likeness (QED) is 0.206. The van der Waals surface area contributed by atoms with E-state index in [2.05, 4.69) is 29.1 Å². The van der Waals surface area contributed by atoms with E-state index in [1.54, 1.807) is 17.8 Å². The van der Waals surface area contributed by atoms with Gasteiger partial charge in [-0.3, -0.25) is 9.89 Å². The first-order chi connectivity index (χ1) is 17.8. The summed E-state index contributed by atoms with van der Waals surface area (Å²) < 4.78 is 55.9. The smallest absolute Gasteiger partial charge is 0.428 e. The number of aliphatic imine (C=N–C) groups is 1. The van der Waals surface area contributed by atoms with E-state index in [1.165, 1.54) is 50.3 Å². The maximum atomic E-state index is 13.3. The summed E-state index contributed by atoms with van der Waals surface area (Å²) in [5.41, 5.74) is 0.379. The summed E-state index contributed by atoms with van der Waals surface area (Å²) in [6.45, 7) is 2.91. The molecular formula is C27H37F4N3OS2. The lowest BCUT2D eigenvalue weighted by Crippen LogP contribution is -2.36. The molecule has 1 aliphatic carbocycles. The Morgan fingerprint density at radius 3 is 2.84 bits per heavy atom. The number of ether oxygens (including phenoxy) is 1. The summed E-state index contributed by atoms with van der Waals surface area (Å²) in [5.74, 6) is 1.08. The van der Waals surface area contributed by atoms with Crippen molar-refractivity contribution in [2.24, 2.45) is 10.9 Å². The molecule has 1 aromatic carbocycles. The van der Waals surface area contributed by atoms with Crippen LogP contribution in [0.4, 0.5) is 23.2 Å². The van der Waals surface area contributed by atoms with Crippen molar-refractivity contribution in [3.63, 3.8) is 0 Å². The van der Waals surface area contributed by atoms with E-state index in [9.17, 15) is 17.6 Å². The van der Waals surface area contributed by atoms with Crippen molar-refractivity contribution in [3.05, 3.63) is 36.4 Å². The molecule has 37 heavy (non-hydrogen) atoms. The fourth-order valence-electron chi connectivity index (χ4n) is 4.65. The first kappa shape index (κ1) is 29.7. The van der Waals surface area contributed by atoms with Gasteiger partial charge in [0.15, 0.2) is 10.3 Å². The molecule has 1 N–H and O–H groups in total. The third-order valence-electron chi connectivity index (χ3n) is 6.50. The Labute approximate surface area is 227 Å². The number of benzene rings is 1. The Morgan fingerprint density at radius 2 is 2.05 bits per heavy atom. The van der Waals surface area contributed by atoms with Gasteiger partial charge in [0.1, 0.15) is 5.75 Å². The zero-order valence-electron chi connectivity index (χ0n) is 21.3. The van der Waals surface area contributed by atoms with E-state index in [0.717, 1.165) is 43.0 Å². The van der Waals surface area contributed by atoms with Crippen molar-refractivity contribution >= 4 is 39.9 Å². The van der Waals surface area contributed by atoms with Gasteiger partial charge in [-0.05, 0) is 62.4 Å². The van der Waals surface area contributed by atoms with Crippen molar-refractivity contribution in [2.45, 2.75) is 89.7 Å². The molecule has 1 fully saturated rings. The van der Waals surface area contributed by atoms with E-state index in [1.807, 2.05) is 4.90 Å². The molecule has 0 amide bonds. The van der Waals surface area contributed by atoms with Gasteiger partial charge in [0.2, 0.25) is 0 Å². The molecule has 0 aromatic heterocycles. The molecule has 10 heteroatoms. The molecule has 0 bridgehead atoms. The van der Waals surface area contributed by atoms with Gasteiger partial charge in [-0.15, -0.1) is 0 Å². The Kier molecular flexibility index (Phi) is 12.0. The van der Waals surface area contributed by atoms with E-state index >= 15 is 0 Å². The second-order valence-electron chi connectivity index (χ2n) is 9.58. The van der Waals surface area contributed by atoms with Gasteiger partial charge < -0.3 is 10.1 Å². The molecule has 1 saturated heterocycles. The van der Waals surface area contributed by atoms with Crippen molar-refractivity contribution < 1.29 is 22.3 Å². The standard InChI is InChI=1S/C27H37F4N3OS2/c1-2-11-20-12-8-6-4-3-5-7-9-13-21(18-20)33-26-34(16-17-37-26)25(36)32-22-14-10-15-23(19-22)35-27(30,31)24(28)29/h6,8,10,14-15,19-21,24H,2-5,7,9,11-13,16-18H2,1H3,(H,32,36)/b8-6+,33-26-. The van der Waals surface area contributed by atoms with Crippen molar-refractivity contribution in [2.75, 3.05) is 17.6 Å². The van der Waals surface area contributed by atoms with E-state index in [4.69, 9.17) is 17.2 Å². The van der Waals surface area contributed by atoms with Crippen LogP contribution in [-0.2, 0) is 0 Å². The highest BCUT2D eigenvalue weighted by Gasteiger charge is 2.44. The number of halogens is 4. The lowest BCUT2D eigenvalue weighted by Gasteiger charge is -2.24. The highest BCUT2D eigenvalue weighted by Crippen LogP contribution is 2.30. The van der Waals surface area contributed by atoms with Crippen molar-refractivity contribution in [1.29, 1.82) is 0 Å². The number of anilines is 1. The minimum absolute atomic E-state index is 0.226. The monoisotopic (exact) mass is 559 g/mol. The predicted octanol–water partition coefficient (Wildman–Crippen LogP) is 8.50. The van der Waals surface area contributed by atoms with Gasteiger partial charge in [0.25, 0.3) is 0 Å². The predicted molar refractivity (Wildman–Crippen MR) is 149 cm³/mol. The topological polar surface area (TPSA) is 36.9 Å². The number of nitrogens with one attached hydrogen (secondary N) is 1. The molecule has 1 heterocycles. The fraction of sp³-hybridized carbons (Fsp3) is 0.630. The first-order valence-corrected chi connectivity index (χ1v) is 14.6. The number of hydrogen-bond donors (Lipinski definition) is 1. The minimum Gasteiger partial charge on any atom is -0.428 e. The molecule has 2 atom stereocenters. The molecule has 1 aliphatic heterocycles. The van der Waals surface area contributed by atoms with Crippen LogP contribution in [0.5, 0.6) is 5.75 Å². The molecule has 0 saturated carbocycles. The van der Waals surface area contributed by atoms with Gasteiger partial charge >= 0.3 is 12.5 Å². The van der Waals surface area contributed by atoms with Crippen molar-refractivity contribution in [1.82, 2.24) is 4.90 Å². The van der Waals surface area contributed by atoms with Crippen molar-refractivity contribution in [3.8, 4) is 5.75 Å². The lowest BCUT2D eigenvalue weighted by molar-refractivity contribution is -0.253. The Morgan fingerprint density at radius 1 is 1.24 bits per heavy atom. The number of thioether (sulfide) groups is 1. The minimum atomic E-state index is -4.57. The largest absolute Gasteiger partial charge is 0.461 e. The Balaban J connectivity index is 1.70. The maximum Gasteiger partial charge on any atom is 0.461 e. The van der Waals surface area contributed by atoms with Crippen LogP contribution in [0.25, 0.3) is 0 Å². The van der Waals surface area contributed by atoms with Crippen LogP contribution in [0.2, 0.25) is 0 Å². The molecule has 4 nitrogen and oxygen atoms in total. The zero-order chi connectivity index (χ0) is 26.7. The summed E-state index contributed by atoms with van der Waals surface area (Å²) in [5, 5.41) is 4.30. The molecular weight excluding hydrogens is 522 g/mol. The number of nitrogens with zero attached hydrogens (tertiary/aromatic N) is 2. The number of allylic oxidation sites excluding steroid dienone is 2. The fourth-order valence-corrected chi connectivity index (χ4v) is 6.02. The van der Waals surface area contributed by atoms with E-state index < -0.39 is 12.5 Å². The highest BCUT2D eigenvalue weighted by molar-refractivity contribution is 8.14. The van der Waals surface area contributed by atoms with Crippen LogP contribution in [0, 0.1) is 5.92 Å². The van der Waals surface area contributed by atoms with E-state index in [-0.39, 0.29) is 11.8 Å². The average Bonchev–Trinajstić information content (AvgIpc) is 3.30. The summed E-state index contributed by atoms with van der Waals surface area (Å²) in [6, 6.07) is 5.73. The molecule has 0 radical (unpaired) electrons. The van der Waals surface area contributed by atoms with Crippen LogP contribution in [-0.4, -0.2) is 46.1 Å². The third-order valence-corrected chi connectivity index (χ3v) is 7.80. The lowest BCUT2D eigenvalue weighted by atomic mass is 9.89. The average molecular weight is 560 g/mol. The molecule has 2 unspecified atom stereocenters. The van der Waals surface area contributed by atoms with Gasteiger partial charge in [-0.25, -0.2) is 0 Å². The van der Waals surface area contributed by atoms with E-state index in [0.29, 0.717) is 23.3 Å². The Hall–Kier alpha value is -1.81. The highest BCUT2D eigenvalue weighted by atomic mass is 32.2. The number of thiocarbonyl (C=S) groups is 1. The molecule has 206 valence electrons. The summed E-state index contributed by atoms with van der Waals surface area (Å²) >= 11 is 7.29. The summed E-state index contributed by atoms with van der Waals surface area (Å²) in [7, 11) is 0. The SMILES string of the molecule is CCCC1C/C=C/CCCCCCC(/N=C2\SCCN2C(=S)Nc2cccc(OC(F)(F)C(F)F)c2)C1. The number of alkyl halides is 4. The zero-order valence-corrected chi connectivity index (χ0v) is 22.9. The second-order valence-corrected chi connectivity index (χ2v) is 11.0. The van der Waals surface area contributed by atoms with Gasteiger partial charge in [0, 0.05) is 24.1 Å². The number of rotatable bonds is 7. The third kappa shape index (κ3) is 9.78. The molecule has 0 spiro atoms. The Bertz CT molecular complexity index is 929. The van der Waals surface area contributed by atoms with Gasteiger partial charge in [-0.1, -0.05) is 69.0 Å². The maximum absolute atomic E-state index is 13.3. The van der Waals surface area contributed by atoms with Gasteiger partial charge in [0.05, 0.1) is 6.04 Å². The van der Waals surface area contributed by atoms with Crippen LogP contribution < -0.4 is 10.1 Å². The van der Waals surface area contributed by atoms with Gasteiger partial charge in [-0.2, -0.15) is 17.6 Å². The normalized spacial score (nSPS) is 23.9. The van der Waals surface area contributed by atoms with Crippen LogP contribution in [0.3, 0.4) is 0 Å². The first-order valence-electron chi connectivity index (χ1n) is 13.2. The summed E-state index contributed by atoms with van der Waals surface area (Å²) in [4.78, 5) is 7.11. The second kappa shape index (κ2) is 15.0. The molecule has 2 aliphatic rings. The number of hydrogen-bond acceptors (Lipinski definition) is 4. The molecule has 1 aromatic rings. The molecule has 3 rings (SSSR count). The number of amidine groups is 1. The van der Waals surface area contributed by atoms with Crippen LogP contribution >= 0.6 is 24.0 Å². The van der Waals surface area contributed by atoms with Crippen LogP contribution in [0.15, 0.2) is 41.4 Å². The van der Waals surface area contributed by atoms with Crippen LogP contribution in [0.1, 0.15) is 71.1 Å². The summed E-state index contributed by atoms with van der Waals surface area (Å²) in [6.07, 6.45) is 7.76.